The van der Waals surface area contributed by atoms with Crippen molar-refractivity contribution in [3.05, 3.63) is 75.8 Å². The van der Waals surface area contributed by atoms with Gasteiger partial charge in [0.2, 0.25) is 5.65 Å². The van der Waals surface area contributed by atoms with Crippen molar-refractivity contribution in [2.24, 2.45) is 0 Å². The number of aryl methyl sites for hydroxylation is 1. The van der Waals surface area contributed by atoms with E-state index in [2.05, 4.69) is 15.2 Å². The van der Waals surface area contributed by atoms with Gasteiger partial charge in [0.15, 0.2) is 0 Å². The number of piperazine rings is 1. The molecule has 0 atom stereocenters. The molecule has 4 aromatic rings. The van der Waals surface area contributed by atoms with Crippen LogP contribution in [0.3, 0.4) is 0 Å². The maximum absolute atomic E-state index is 13.2. The first-order valence-electron chi connectivity index (χ1n) is 11.1. The molecule has 9 heteroatoms. The summed E-state index contributed by atoms with van der Waals surface area (Å²) in [6.07, 6.45) is 1.58. The van der Waals surface area contributed by atoms with Crippen molar-refractivity contribution >= 4 is 28.5 Å². The van der Waals surface area contributed by atoms with Gasteiger partial charge in [-0.2, -0.15) is 0 Å². The van der Waals surface area contributed by atoms with E-state index in [-0.39, 0.29) is 23.0 Å². The zero-order valence-electron chi connectivity index (χ0n) is 18.3. The molecule has 1 aliphatic heterocycles. The van der Waals surface area contributed by atoms with E-state index in [1.807, 2.05) is 31.2 Å². The van der Waals surface area contributed by atoms with Crippen LogP contribution in [0.25, 0.3) is 16.7 Å². The van der Waals surface area contributed by atoms with Gasteiger partial charge < -0.3 is 14.8 Å². The minimum Gasteiger partial charge on any atom is -0.335 e. The second-order valence-corrected chi connectivity index (χ2v) is 8.16. The molecular weight excluding hydrogens is 420 g/mol. The first-order valence-corrected chi connectivity index (χ1v) is 11.1. The van der Waals surface area contributed by atoms with E-state index in [9.17, 15) is 14.4 Å². The number of rotatable bonds is 4. The van der Waals surface area contributed by atoms with Gasteiger partial charge in [0.1, 0.15) is 5.82 Å². The molecule has 3 heterocycles. The van der Waals surface area contributed by atoms with Gasteiger partial charge in [0.05, 0.1) is 11.0 Å². The Bertz CT molecular complexity index is 1400. The van der Waals surface area contributed by atoms with E-state index >= 15 is 0 Å². The van der Waals surface area contributed by atoms with Crippen molar-refractivity contribution in [1.82, 2.24) is 29.4 Å². The van der Waals surface area contributed by atoms with E-state index in [4.69, 9.17) is 0 Å². The highest BCUT2D eigenvalue weighted by molar-refractivity contribution is 5.98. The molecular formula is C24H24N6O3. The Morgan fingerprint density at radius 3 is 2.24 bits per heavy atom. The molecule has 0 unspecified atom stereocenters. The zero-order valence-corrected chi connectivity index (χ0v) is 18.3. The van der Waals surface area contributed by atoms with Gasteiger partial charge in [0, 0.05) is 43.7 Å². The minimum atomic E-state index is -0.338. The second kappa shape index (κ2) is 8.50. The zero-order chi connectivity index (χ0) is 22.9. The highest BCUT2D eigenvalue weighted by Crippen LogP contribution is 2.18. The normalized spacial score (nSPS) is 14.2. The molecule has 0 aliphatic carbocycles. The highest BCUT2D eigenvalue weighted by atomic mass is 16.2. The summed E-state index contributed by atoms with van der Waals surface area (Å²) >= 11 is 0. The fourth-order valence-electron chi connectivity index (χ4n) is 4.30. The lowest BCUT2D eigenvalue weighted by Gasteiger charge is -2.35. The van der Waals surface area contributed by atoms with Gasteiger partial charge in [0.25, 0.3) is 17.4 Å². The average Bonchev–Trinajstić information content (AvgIpc) is 3.28. The second-order valence-electron chi connectivity index (χ2n) is 8.16. The Kier molecular flexibility index (Phi) is 5.37. The summed E-state index contributed by atoms with van der Waals surface area (Å²) in [7, 11) is 0. The maximum Gasteiger partial charge on any atom is 0.294 e. The topological polar surface area (TPSA) is 104 Å². The molecule has 1 saturated heterocycles. The Morgan fingerprint density at radius 2 is 1.58 bits per heavy atom. The van der Waals surface area contributed by atoms with Crippen LogP contribution in [0.2, 0.25) is 0 Å². The van der Waals surface area contributed by atoms with E-state index in [0.29, 0.717) is 49.2 Å². The van der Waals surface area contributed by atoms with Gasteiger partial charge in [-0.1, -0.05) is 25.1 Å². The quantitative estimate of drug-likeness (QED) is 0.519. The summed E-state index contributed by atoms with van der Waals surface area (Å²) in [4.78, 5) is 44.7. The SMILES string of the molecule is CCCc1nnc2c(=O)[nH]c3cc(C(=O)N4CCN(C(=O)c5ccccc5)CC4)ccc3n12. The van der Waals surface area contributed by atoms with Gasteiger partial charge in [-0.15, -0.1) is 10.2 Å². The number of hydrogen-bond donors (Lipinski definition) is 1. The van der Waals surface area contributed by atoms with Crippen LogP contribution in [0.1, 0.15) is 39.9 Å². The maximum atomic E-state index is 13.2. The number of aromatic nitrogens is 4. The monoisotopic (exact) mass is 444 g/mol. The first kappa shape index (κ1) is 20.9. The molecule has 33 heavy (non-hydrogen) atoms. The molecule has 2 aromatic heterocycles. The number of H-pyrrole nitrogens is 1. The molecule has 0 radical (unpaired) electrons. The lowest BCUT2D eigenvalue weighted by atomic mass is 10.1. The summed E-state index contributed by atoms with van der Waals surface area (Å²) in [5, 5.41) is 8.18. The van der Waals surface area contributed by atoms with Crippen LogP contribution in [-0.2, 0) is 6.42 Å². The summed E-state index contributed by atoms with van der Waals surface area (Å²) in [5.74, 6) is 0.580. The number of carbonyl (C=O) groups excluding carboxylic acids is 2. The third kappa shape index (κ3) is 3.75. The number of fused-ring (bicyclic) bond motifs is 3. The fourth-order valence-corrected chi connectivity index (χ4v) is 4.30. The molecule has 0 bridgehead atoms. The highest BCUT2D eigenvalue weighted by Gasteiger charge is 2.26. The molecule has 1 aliphatic rings. The Labute approximate surface area is 189 Å². The standard InChI is InChI=1S/C24H24N6O3/c1-2-6-20-26-27-21-22(31)25-18-15-17(9-10-19(18)30(20)21)24(33)29-13-11-28(12-14-29)23(32)16-7-4-3-5-8-16/h3-5,7-10,15H,2,6,11-14H2,1H3,(H,25,31). The largest absolute Gasteiger partial charge is 0.335 e. The van der Waals surface area contributed by atoms with Crippen molar-refractivity contribution < 1.29 is 9.59 Å². The van der Waals surface area contributed by atoms with Crippen LogP contribution in [0.5, 0.6) is 0 Å². The minimum absolute atomic E-state index is 0.0215. The Morgan fingerprint density at radius 1 is 0.909 bits per heavy atom. The van der Waals surface area contributed by atoms with Crippen molar-refractivity contribution in [3.8, 4) is 0 Å². The van der Waals surface area contributed by atoms with Gasteiger partial charge >= 0.3 is 0 Å². The van der Waals surface area contributed by atoms with Crippen molar-refractivity contribution in [3.63, 3.8) is 0 Å². The number of benzene rings is 2. The summed E-state index contributed by atoms with van der Waals surface area (Å²) in [6.45, 7) is 3.91. The molecule has 1 N–H and O–H groups in total. The molecule has 0 saturated carbocycles. The summed E-state index contributed by atoms with van der Waals surface area (Å²) in [5.41, 5.74) is 2.38. The Balaban J connectivity index is 1.37. The van der Waals surface area contributed by atoms with Crippen LogP contribution in [-0.4, -0.2) is 67.4 Å². The van der Waals surface area contributed by atoms with Crippen LogP contribution in [0, 0.1) is 0 Å². The van der Waals surface area contributed by atoms with E-state index in [0.717, 1.165) is 17.8 Å². The summed E-state index contributed by atoms with van der Waals surface area (Å²) in [6, 6.07) is 14.5. The smallest absolute Gasteiger partial charge is 0.294 e. The van der Waals surface area contributed by atoms with Gasteiger partial charge in [-0.25, -0.2) is 0 Å². The third-order valence-corrected chi connectivity index (χ3v) is 6.01. The van der Waals surface area contributed by atoms with Crippen molar-refractivity contribution in [2.75, 3.05) is 26.2 Å². The number of aromatic amines is 1. The van der Waals surface area contributed by atoms with Crippen LogP contribution in [0.15, 0.2) is 53.3 Å². The van der Waals surface area contributed by atoms with E-state index < -0.39 is 0 Å². The summed E-state index contributed by atoms with van der Waals surface area (Å²) < 4.78 is 1.76. The molecule has 168 valence electrons. The molecule has 2 aromatic carbocycles. The predicted molar refractivity (Wildman–Crippen MR) is 123 cm³/mol. The van der Waals surface area contributed by atoms with Gasteiger partial charge in [-0.05, 0) is 36.8 Å². The predicted octanol–water partition coefficient (Wildman–Crippen LogP) is 2.12. The van der Waals surface area contributed by atoms with Crippen molar-refractivity contribution in [2.45, 2.75) is 19.8 Å². The molecule has 0 spiro atoms. The first-order chi connectivity index (χ1) is 16.1. The van der Waals surface area contributed by atoms with Crippen LogP contribution >= 0.6 is 0 Å². The van der Waals surface area contributed by atoms with E-state index in [1.165, 1.54) is 0 Å². The molecule has 1 fully saturated rings. The number of nitrogens with zero attached hydrogens (tertiary/aromatic N) is 5. The van der Waals surface area contributed by atoms with Crippen molar-refractivity contribution in [1.29, 1.82) is 0 Å². The van der Waals surface area contributed by atoms with E-state index in [1.54, 1.807) is 38.5 Å². The number of amides is 2. The fraction of sp³-hybridized carbons (Fsp3) is 0.292. The van der Waals surface area contributed by atoms with Crippen LogP contribution < -0.4 is 5.56 Å². The lowest BCUT2D eigenvalue weighted by Crippen LogP contribution is -2.50. The number of nitrogens with one attached hydrogen (secondary N) is 1. The van der Waals surface area contributed by atoms with Gasteiger partial charge in [-0.3, -0.25) is 18.8 Å². The molecule has 2 amide bonds. The number of hydrogen-bond acceptors (Lipinski definition) is 5. The lowest BCUT2D eigenvalue weighted by molar-refractivity contribution is 0.0535. The Hall–Kier alpha value is -4.01. The third-order valence-electron chi connectivity index (χ3n) is 6.01. The molecule has 5 rings (SSSR count). The molecule has 9 nitrogen and oxygen atoms in total. The van der Waals surface area contributed by atoms with Crippen LogP contribution in [0.4, 0.5) is 0 Å². The number of carbonyl (C=O) groups is 2. The average molecular weight is 444 g/mol.